The summed E-state index contributed by atoms with van der Waals surface area (Å²) in [6.45, 7) is 0.571. The Hall–Kier alpha value is -2.34. The SMILES string of the molecule is COc1cc(OC)nc(NCc2cccc(CO)c2)n1. The maximum atomic E-state index is 9.11. The fourth-order valence-corrected chi connectivity index (χ4v) is 1.71. The van der Waals surface area contributed by atoms with Crippen LogP contribution in [0.1, 0.15) is 11.1 Å². The predicted octanol–water partition coefficient (Wildman–Crippen LogP) is 1.60. The number of ether oxygens (including phenoxy) is 2. The lowest BCUT2D eigenvalue weighted by Crippen LogP contribution is -2.05. The predicted molar refractivity (Wildman–Crippen MR) is 74.8 cm³/mol. The second-order valence-corrected chi connectivity index (χ2v) is 4.11. The molecule has 0 aliphatic heterocycles. The third kappa shape index (κ3) is 3.58. The van der Waals surface area contributed by atoms with Crippen LogP contribution in [-0.2, 0) is 13.2 Å². The van der Waals surface area contributed by atoms with Crippen molar-refractivity contribution < 1.29 is 14.6 Å². The van der Waals surface area contributed by atoms with E-state index in [1.54, 1.807) is 6.07 Å². The second-order valence-electron chi connectivity index (χ2n) is 4.11. The molecular formula is C14H17N3O3. The van der Waals surface area contributed by atoms with Crippen LogP contribution >= 0.6 is 0 Å². The minimum atomic E-state index is 0.0251. The molecule has 0 aliphatic rings. The van der Waals surface area contributed by atoms with Gasteiger partial charge in [-0.1, -0.05) is 24.3 Å². The minimum Gasteiger partial charge on any atom is -0.481 e. The molecule has 0 aliphatic carbocycles. The van der Waals surface area contributed by atoms with E-state index in [2.05, 4.69) is 15.3 Å². The highest BCUT2D eigenvalue weighted by molar-refractivity contribution is 5.35. The first-order chi connectivity index (χ1) is 9.75. The summed E-state index contributed by atoms with van der Waals surface area (Å²) in [5.74, 6) is 1.29. The van der Waals surface area contributed by atoms with Gasteiger partial charge in [-0.25, -0.2) is 0 Å². The van der Waals surface area contributed by atoms with Crippen LogP contribution in [0.15, 0.2) is 30.3 Å². The molecule has 2 aromatic rings. The maximum absolute atomic E-state index is 9.11. The van der Waals surface area contributed by atoms with Gasteiger partial charge in [-0.15, -0.1) is 0 Å². The first kappa shape index (κ1) is 14.1. The highest BCUT2D eigenvalue weighted by Crippen LogP contribution is 2.17. The molecule has 0 atom stereocenters. The third-order valence-corrected chi connectivity index (χ3v) is 2.72. The molecule has 20 heavy (non-hydrogen) atoms. The molecule has 106 valence electrons. The van der Waals surface area contributed by atoms with Gasteiger partial charge in [0.15, 0.2) is 0 Å². The van der Waals surface area contributed by atoms with Gasteiger partial charge in [0.2, 0.25) is 17.7 Å². The van der Waals surface area contributed by atoms with Gasteiger partial charge in [0.05, 0.1) is 26.9 Å². The number of hydrogen-bond donors (Lipinski definition) is 2. The van der Waals surface area contributed by atoms with Gasteiger partial charge >= 0.3 is 0 Å². The number of aromatic nitrogens is 2. The molecule has 1 aromatic heterocycles. The minimum absolute atomic E-state index is 0.0251. The molecule has 0 bridgehead atoms. The lowest BCUT2D eigenvalue weighted by Gasteiger charge is -2.09. The molecule has 1 heterocycles. The Labute approximate surface area is 117 Å². The molecular weight excluding hydrogens is 258 g/mol. The standard InChI is InChI=1S/C14H17N3O3/c1-19-12-7-13(20-2)17-14(16-12)15-8-10-4-3-5-11(6-10)9-18/h3-7,18H,8-9H2,1-2H3,(H,15,16,17). The van der Waals surface area contributed by atoms with Crippen LogP contribution in [0.4, 0.5) is 5.95 Å². The van der Waals surface area contributed by atoms with E-state index in [4.69, 9.17) is 14.6 Å². The zero-order chi connectivity index (χ0) is 14.4. The van der Waals surface area contributed by atoms with Gasteiger partial charge < -0.3 is 19.9 Å². The number of aliphatic hydroxyl groups is 1. The Morgan fingerprint density at radius 1 is 1.05 bits per heavy atom. The Morgan fingerprint density at radius 2 is 1.70 bits per heavy atom. The molecule has 0 saturated carbocycles. The lowest BCUT2D eigenvalue weighted by molar-refractivity contribution is 0.281. The van der Waals surface area contributed by atoms with Crippen LogP contribution in [-0.4, -0.2) is 29.3 Å². The quantitative estimate of drug-likeness (QED) is 0.834. The summed E-state index contributed by atoms with van der Waals surface area (Å²) in [7, 11) is 3.08. The van der Waals surface area contributed by atoms with E-state index < -0.39 is 0 Å². The van der Waals surface area contributed by atoms with Crippen molar-refractivity contribution in [1.82, 2.24) is 9.97 Å². The lowest BCUT2D eigenvalue weighted by atomic mass is 10.1. The van der Waals surface area contributed by atoms with Gasteiger partial charge in [0, 0.05) is 6.54 Å². The van der Waals surface area contributed by atoms with E-state index in [-0.39, 0.29) is 6.61 Å². The van der Waals surface area contributed by atoms with Crippen molar-refractivity contribution in [2.45, 2.75) is 13.2 Å². The zero-order valence-corrected chi connectivity index (χ0v) is 11.5. The summed E-state index contributed by atoms with van der Waals surface area (Å²) in [5.41, 5.74) is 1.90. The molecule has 0 saturated heterocycles. The Kier molecular flexibility index (Phi) is 4.73. The first-order valence-corrected chi connectivity index (χ1v) is 6.14. The number of methoxy groups -OCH3 is 2. The maximum Gasteiger partial charge on any atom is 0.229 e. The van der Waals surface area contributed by atoms with Crippen molar-refractivity contribution in [2.75, 3.05) is 19.5 Å². The number of hydrogen-bond acceptors (Lipinski definition) is 6. The molecule has 6 heteroatoms. The average Bonchev–Trinajstić information content (AvgIpc) is 2.52. The van der Waals surface area contributed by atoms with Crippen molar-refractivity contribution in [1.29, 1.82) is 0 Å². The highest BCUT2D eigenvalue weighted by atomic mass is 16.5. The monoisotopic (exact) mass is 275 g/mol. The number of rotatable bonds is 6. The summed E-state index contributed by atoms with van der Waals surface area (Å²) in [6, 6.07) is 9.26. The topological polar surface area (TPSA) is 76.5 Å². The van der Waals surface area contributed by atoms with E-state index in [0.29, 0.717) is 24.3 Å². The summed E-state index contributed by atoms with van der Waals surface area (Å²) < 4.78 is 10.2. The molecule has 6 nitrogen and oxygen atoms in total. The van der Waals surface area contributed by atoms with Crippen LogP contribution in [0.2, 0.25) is 0 Å². The normalized spacial score (nSPS) is 10.2. The van der Waals surface area contributed by atoms with Crippen molar-refractivity contribution in [2.24, 2.45) is 0 Å². The van der Waals surface area contributed by atoms with Crippen LogP contribution in [0, 0.1) is 0 Å². The average molecular weight is 275 g/mol. The van der Waals surface area contributed by atoms with Gasteiger partial charge in [0.1, 0.15) is 0 Å². The summed E-state index contributed by atoms with van der Waals surface area (Å²) in [6.07, 6.45) is 0. The Balaban J connectivity index is 2.09. The summed E-state index contributed by atoms with van der Waals surface area (Å²) in [4.78, 5) is 8.37. The van der Waals surface area contributed by atoms with Crippen molar-refractivity contribution >= 4 is 5.95 Å². The molecule has 2 rings (SSSR count). The largest absolute Gasteiger partial charge is 0.481 e. The van der Waals surface area contributed by atoms with Crippen molar-refractivity contribution in [3.63, 3.8) is 0 Å². The Morgan fingerprint density at radius 3 is 2.30 bits per heavy atom. The van der Waals surface area contributed by atoms with Gasteiger partial charge in [0.25, 0.3) is 0 Å². The number of aliphatic hydroxyl groups excluding tert-OH is 1. The molecule has 2 N–H and O–H groups in total. The van der Waals surface area contributed by atoms with E-state index in [0.717, 1.165) is 11.1 Å². The molecule has 0 amide bonds. The van der Waals surface area contributed by atoms with Crippen LogP contribution in [0.25, 0.3) is 0 Å². The molecule has 0 radical (unpaired) electrons. The Bertz CT molecular complexity index is 553. The van der Waals surface area contributed by atoms with E-state index >= 15 is 0 Å². The summed E-state index contributed by atoms with van der Waals surface area (Å²) >= 11 is 0. The van der Waals surface area contributed by atoms with Crippen molar-refractivity contribution in [3.8, 4) is 11.8 Å². The molecule has 0 spiro atoms. The number of anilines is 1. The first-order valence-electron chi connectivity index (χ1n) is 6.14. The van der Waals surface area contributed by atoms with E-state index in [9.17, 15) is 0 Å². The van der Waals surface area contributed by atoms with Gasteiger partial charge in [-0.05, 0) is 11.1 Å². The number of nitrogens with zero attached hydrogens (tertiary/aromatic N) is 2. The number of benzene rings is 1. The zero-order valence-electron chi connectivity index (χ0n) is 11.5. The molecule has 1 aromatic carbocycles. The van der Waals surface area contributed by atoms with E-state index in [1.807, 2.05) is 24.3 Å². The highest BCUT2D eigenvalue weighted by Gasteiger charge is 2.05. The fraction of sp³-hybridized carbons (Fsp3) is 0.286. The molecule has 0 unspecified atom stereocenters. The third-order valence-electron chi connectivity index (χ3n) is 2.72. The van der Waals surface area contributed by atoms with Gasteiger partial charge in [-0.3, -0.25) is 0 Å². The van der Waals surface area contributed by atoms with Crippen LogP contribution in [0.5, 0.6) is 11.8 Å². The smallest absolute Gasteiger partial charge is 0.229 e. The fourth-order valence-electron chi connectivity index (χ4n) is 1.71. The van der Waals surface area contributed by atoms with E-state index in [1.165, 1.54) is 14.2 Å². The summed E-state index contributed by atoms with van der Waals surface area (Å²) in [5, 5.41) is 12.2. The van der Waals surface area contributed by atoms with Crippen molar-refractivity contribution in [3.05, 3.63) is 41.5 Å². The van der Waals surface area contributed by atoms with Crippen LogP contribution < -0.4 is 14.8 Å². The van der Waals surface area contributed by atoms with Crippen LogP contribution in [0.3, 0.4) is 0 Å². The number of nitrogens with one attached hydrogen (secondary N) is 1. The molecule has 0 fully saturated rings. The second kappa shape index (κ2) is 6.72. The van der Waals surface area contributed by atoms with Gasteiger partial charge in [-0.2, -0.15) is 9.97 Å².